The van der Waals surface area contributed by atoms with Gasteiger partial charge in [0.2, 0.25) is 15.9 Å². The van der Waals surface area contributed by atoms with E-state index in [0.717, 1.165) is 5.56 Å². The molecule has 1 aliphatic heterocycles. The molecular formula is C20H25N3O3S. The Labute approximate surface area is 160 Å². The first-order valence-corrected chi connectivity index (χ1v) is 10.6. The summed E-state index contributed by atoms with van der Waals surface area (Å²) in [5.41, 5.74) is 7.60. The van der Waals surface area contributed by atoms with Crippen LogP contribution in [0.25, 0.3) is 0 Å². The highest BCUT2D eigenvalue weighted by Crippen LogP contribution is 2.18. The number of hydrogen-bond donors (Lipinski definition) is 1. The first-order valence-electron chi connectivity index (χ1n) is 9.15. The van der Waals surface area contributed by atoms with Crippen molar-refractivity contribution in [3.05, 3.63) is 60.2 Å². The van der Waals surface area contributed by atoms with Crippen LogP contribution in [0.3, 0.4) is 0 Å². The monoisotopic (exact) mass is 387 g/mol. The predicted molar refractivity (Wildman–Crippen MR) is 106 cm³/mol. The van der Waals surface area contributed by atoms with E-state index in [1.807, 2.05) is 24.3 Å². The third-order valence-electron chi connectivity index (χ3n) is 4.85. The number of benzene rings is 2. The molecule has 0 spiro atoms. The van der Waals surface area contributed by atoms with Crippen LogP contribution in [0.1, 0.15) is 18.4 Å². The van der Waals surface area contributed by atoms with Gasteiger partial charge in [-0.2, -0.15) is 4.31 Å². The molecule has 2 aromatic rings. The Hall–Kier alpha value is -2.38. The number of aryl methyl sites for hydroxylation is 1. The summed E-state index contributed by atoms with van der Waals surface area (Å²) in [6, 6.07) is 16.0. The molecule has 0 radical (unpaired) electrons. The zero-order valence-corrected chi connectivity index (χ0v) is 16.1. The van der Waals surface area contributed by atoms with E-state index in [1.165, 1.54) is 4.31 Å². The van der Waals surface area contributed by atoms with E-state index in [9.17, 15) is 13.2 Å². The first kappa shape index (κ1) is 19.4. The van der Waals surface area contributed by atoms with Gasteiger partial charge in [0.25, 0.3) is 0 Å². The van der Waals surface area contributed by atoms with Crippen molar-refractivity contribution in [3.8, 4) is 0 Å². The van der Waals surface area contributed by atoms with Gasteiger partial charge in [-0.1, -0.05) is 36.4 Å². The van der Waals surface area contributed by atoms with Crippen LogP contribution in [0, 0.1) is 0 Å². The van der Waals surface area contributed by atoms with Crippen LogP contribution in [0.5, 0.6) is 0 Å². The summed E-state index contributed by atoms with van der Waals surface area (Å²) in [6.45, 7) is 1.72. The quantitative estimate of drug-likeness (QED) is 0.797. The maximum Gasteiger partial charge on any atom is 0.243 e. The molecule has 27 heavy (non-hydrogen) atoms. The molecule has 1 heterocycles. The fourth-order valence-corrected chi connectivity index (χ4v) is 4.78. The van der Waals surface area contributed by atoms with Crippen LogP contribution in [0.15, 0.2) is 59.5 Å². The summed E-state index contributed by atoms with van der Waals surface area (Å²) >= 11 is 0. The van der Waals surface area contributed by atoms with Crippen molar-refractivity contribution in [2.45, 2.75) is 24.2 Å². The second-order valence-corrected chi connectivity index (χ2v) is 8.59. The van der Waals surface area contributed by atoms with Gasteiger partial charge >= 0.3 is 0 Å². The van der Waals surface area contributed by atoms with Gasteiger partial charge in [-0.25, -0.2) is 8.42 Å². The van der Waals surface area contributed by atoms with E-state index >= 15 is 0 Å². The molecular weight excluding hydrogens is 362 g/mol. The van der Waals surface area contributed by atoms with E-state index in [0.29, 0.717) is 56.0 Å². The van der Waals surface area contributed by atoms with Gasteiger partial charge in [0.1, 0.15) is 0 Å². The Morgan fingerprint density at radius 1 is 0.926 bits per heavy atom. The van der Waals surface area contributed by atoms with Crippen LogP contribution in [0.4, 0.5) is 5.69 Å². The van der Waals surface area contributed by atoms with Crippen molar-refractivity contribution in [2.75, 3.05) is 31.9 Å². The SMILES string of the molecule is Nc1ccccc1CCC(=O)N1CCCN(S(=O)(=O)c2ccccc2)CC1. The summed E-state index contributed by atoms with van der Waals surface area (Å²) in [5.74, 6) is 0.0391. The number of hydrogen-bond acceptors (Lipinski definition) is 4. The van der Waals surface area contributed by atoms with Crippen LogP contribution in [0.2, 0.25) is 0 Å². The Bertz CT molecular complexity index is 884. The van der Waals surface area contributed by atoms with Crippen molar-refractivity contribution in [3.63, 3.8) is 0 Å². The summed E-state index contributed by atoms with van der Waals surface area (Å²) in [7, 11) is -3.52. The van der Waals surface area contributed by atoms with Crippen molar-refractivity contribution >= 4 is 21.6 Å². The largest absolute Gasteiger partial charge is 0.399 e. The lowest BCUT2D eigenvalue weighted by atomic mass is 10.1. The molecule has 1 saturated heterocycles. The molecule has 6 nitrogen and oxygen atoms in total. The average molecular weight is 388 g/mol. The van der Waals surface area contributed by atoms with E-state index in [1.54, 1.807) is 35.2 Å². The third kappa shape index (κ3) is 4.67. The standard InChI is InChI=1S/C20H25N3O3S/c21-19-10-5-4-7-17(19)11-12-20(24)22-13-6-14-23(16-15-22)27(25,26)18-8-2-1-3-9-18/h1-5,7-10H,6,11-16,21H2. The molecule has 0 atom stereocenters. The van der Waals surface area contributed by atoms with Gasteiger partial charge in [0.05, 0.1) is 4.90 Å². The number of para-hydroxylation sites is 1. The van der Waals surface area contributed by atoms with Gasteiger partial charge in [-0.15, -0.1) is 0 Å². The maximum atomic E-state index is 12.8. The molecule has 1 fully saturated rings. The molecule has 144 valence electrons. The molecule has 2 N–H and O–H groups in total. The van der Waals surface area contributed by atoms with Gasteiger partial charge in [-0.3, -0.25) is 4.79 Å². The predicted octanol–water partition coefficient (Wildman–Crippen LogP) is 2.12. The molecule has 1 aliphatic rings. The number of nitrogens with two attached hydrogens (primary N) is 1. The number of carbonyl (C=O) groups excluding carboxylic acids is 1. The molecule has 0 bridgehead atoms. The average Bonchev–Trinajstić information content (AvgIpc) is 2.95. The molecule has 2 aromatic carbocycles. The van der Waals surface area contributed by atoms with E-state index in [-0.39, 0.29) is 5.91 Å². The van der Waals surface area contributed by atoms with E-state index < -0.39 is 10.0 Å². The van der Waals surface area contributed by atoms with Gasteiger partial charge in [0.15, 0.2) is 0 Å². The summed E-state index contributed by atoms with van der Waals surface area (Å²) in [4.78, 5) is 14.6. The van der Waals surface area contributed by atoms with E-state index in [4.69, 9.17) is 5.73 Å². The Balaban J connectivity index is 1.59. The zero-order valence-electron chi connectivity index (χ0n) is 15.3. The second kappa shape index (κ2) is 8.54. The molecule has 7 heteroatoms. The van der Waals surface area contributed by atoms with Crippen molar-refractivity contribution in [2.24, 2.45) is 0 Å². The summed E-state index contributed by atoms with van der Waals surface area (Å²) in [6.07, 6.45) is 1.60. The number of rotatable bonds is 5. The molecule has 1 amide bonds. The first-order chi connectivity index (χ1) is 13.0. The lowest BCUT2D eigenvalue weighted by Gasteiger charge is -2.22. The lowest BCUT2D eigenvalue weighted by molar-refractivity contribution is -0.131. The topological polar surface area (TPSA) is 83.7 Å². The van der Waals surface area contributed by atoms with Crippen molar-refractivity contribution < 1.29 is 13.2 Å². The Morgan fingerprint density at radius 3 is 2.37 bits per heavy atom. The molecule has 0 saturated carbocycles. The second-order valence-electron chi connectivity index (χ2n) is 6.65. The number of amides is 1. The van der Waals surface area contributed by atoms with Crippen LogP contribution in [-0.4, -0.2) is 49.7 Å². The highest BCUT2D eigenvalue weighted by atomic mass is 32.2. The summed E-state index contributed by atoms with van der Waals surface area (Å²) in [5, 5.41) is 0. The minimum atomic E-state index is -3.52. The van der Waals surface area contributed by atoms with Gasteiger partial charge in [-0.05, 0) is 36.6 Å². The highest BCUT2D eigenvalue weighted by Gasteiger charge is 2.27. The van der Waals surface area contributed by atoms with Crippen LogP contribution in [-0.2, 0) is 21.2 Å². The van der Waals surface area contributed by atoms with Crippen molar-refractivity contribution in [1.82, 2.24) is 9.21 Å². The molecule has 3 rings (SSSR count). The number of anilines is 1. The third-order valence-corrected chi connectivity index (χ3v) is 6.76. The van der Waals surface area contributed by atoms with Gasteiger partial charge < -0.3 is 10.6 Å². The number of nitrogen functional groups attached to an aromatic ring is 1. The van der Waals surface area contributed by atoms with Gasteiger partial charge in [0, 0.05) is 38.3 Å². The minimum absolute atomic E-state index is 0.0391. The highest BCUT2D eigenvalue weighted by molar-refractivity contribution is 7.89. The number of sulfonamides is 1. The fraction of sp³-hybridized carbons (Fsp3) is 0.350. The minimum Gasteiger partial charge on any atom is -0.399 e. The van der Waals surface area contributed by atoms with Crippen molar-refractivity contribution in [1.29, 1.82) is 0 Å². The smallest absolute Gasteiger partial charge is 0.243 e. The fourth-order valence-electron chi connectivity index (χ4n) is 3.29. The lowest BCUT2D eigenvalue weighted by Crippen LogP contribution is -2.37. The Kier molecular flexibility index (Phi) is 6.13. The number of carbonyl (C=O) groups is 1. The zero-order chi connectivity index (χ0) is 19.3. The molecule has 0 unspecified atom stereocenters. The summed E-state index contributed by atoms with van der Waals surface area (Å²) < 4.78 is 27.0. The maximum absolute atomic E-state index is 12.8. The van der Waals surface area contributed by atoms with Crippen LogP contribution < -0.4 is 5.73 Å². The normalized spacial score (nSPS) is 16.1. The van der Waals surface area contributed by atoms with Crippen LogP contribution >= 0.6 is 0 Å². The molecule has 0 aromatic heterocycles. The molecule has 0 aliphatic carbocycles. The van der Waals surface area contributed by atoms with E-state index in [2.05, 4.69) is 0 Å². The Morgan fingerprint density at radius 2 is 1.63 bits per heavy atom. The number of nitrogens with zero attached hydrogens (tertiary/aromatic N) is 2.